The number of nitrogens with one attached hydrogen (secondary N) is 2. The Morgan fingerprint density at radius 1 is 0.968 bits per heavy atom. The standard InChI is InChI=1S/C23H28N4O2.2ClH/c28-21-23(20-10-15-25-16-11-20,12-4-7-18-5-2-1-3-6-18)26-22(29)27(21)17-19-8-13-24-14-9-19;;/h1-3,5-6,8-9,13-14,20,25H,4,7,10-12,15-17H2,(H,26,29);2*1H. The number of urea groups is 1. The van der Waals surface area contributed by atoms with Crippen molar-refractivity contribution in [1.29, 1.82) is 0 Å². The number of aryl methyl sites for hydroxylation is 1. The van der Waals surface area contributed by atoms with E-state index in [4.69, 9.17) is 0 Å². The number of halogens is 2. The van der Waals surface area contributed by atoms with E-state index in [2.05, 4.69) is 27.8 Å². The van der Waals surface area contributed by atoms with Gasteiger partial charge in [-0.15, -0.1) is 24.8 Å². The molecule has 2 N–H and O–H groups in total. The van der Waals surface area contributed by atoms with Crippen LogP contribution in [0.4, 0.5) is 4.79 Å². The lowest BCUT2D eigenvalue weighted by Crippen LogP contribution is -2.55. The van der Waals surface area contributed by atoms with Gasteiger partial charge in [-0.2, -0.15) is 0 Å². The van der Waals surface area contributed by atoms with E-state index in [0.717, 1.165) is 44.3 Å². The van der Waals surface area contributed by atoms with Crippen molar-refractivity contribution >= 4 is 36.8 Å². The normalized spacial score (nSPS) is 21.2. The molecule has 1 unspecified atom stereocenters. The van der Waals surface area contributed by atoms with Crippen molar-refractivity contribution < 1.29 is 9.59 Å². The molecular formula is C23H30Cl2N4O2. The highest BCUT2D eigenvalue weighted by Crippen LogP contribution is 2.36. The van der Waals surface area contributed by atoms with Gasteiger partial charge in [0.05, 0.1) is 6.54 Å². The lowest BCUT2D eigenvalue weighted by Gasteiger charge is -2.38. The number of imide groups is 1. The number of nitrogens with zero attached hydrogens (tertiary/aromatic N) is 2. The van der Waals surface area contributed by atoms with Crippen molar-refractivity contribution in [3.8, 4) is 0 Å². The number of aromatic nitrogens is 1. The molecule has 0 bridgehead atoms. The fourth-order valence-corrected chi connectivity index (χ4v) is 4.64. The molecule has 2 aliphatic rings. The molecule has 1 aromatic carbocycles. The first-order valence-corrected chi connectivity index (χ1v) is 10.5. The van der Waals surface area contributed by atoms with Crippen LogP contribution in [0.2, 0.25) is 0 Å². The molecule has 2 aliphatic heterocycles. The quantitative estimate of drug-likeness (QED) is 0.611. The second-order valence-electron chi connectivity index (χ2n) is 8.01. The molecular weight excluding hydrogens is 435 g/mol. The van der Waals surface area contributed by atoms with Crippen LogP contribution in [0, 0.1) is 5.92 Å². The Bertz CT molecular complexity index is 847. The summed E-state index contributed by atoms with van der Waals surface area (Å²) in [6, 6.07) is 13.7. The van der Waals surface area contributed by atoms with Gasteiger partial charge in [-0.3, -0.25) is 14.7 Å². The van der Waals surface area contributed by atoms with Crippen molar-refractivity contribution in [2.45, 2.75) is 44.2 Å². The van der Waals surface area contributed by atoms with Gasteiger partial charge in [-0.05, 0) is 74.4 Å². The van der Waals surface area contributed by atoms with Crippen molar-refractivity contribution in [3.63, 3.8) is 0 Å². The van der Waals surface area contributed by atoms with Gasteiger partial charge in [0.1, 0.15) is 5.54 Å². The third-order valence-electron chi connectivity index (χ3n) is 6.21. The molecule has 6 nitrogen and oxygen atoms in total. The second-order valence-corrected chi connectivity index (χ2v) is 8.01. The zero-order valence-corrected chi connectivity index (χ0v) is 19.1. The number of hydrogen-bond donors (Lipinski definition) is 2. The van der Waals surface area contributed by atoms with E-state index >= 15 is 0 Å². The number of carbonyl (C=O) groups excluding carboxylic acids is 2. The molecule has 1 atom stereocenters. The van der Waals surface area contributed by atoms with Gasteiger partial charge in [0.2, 0.25) is 0 Å². The van der Waals surface area contributed by atoms with Gasteiger partial charge in [-0.1, -0.05) is 30.3 Å². The summed E-state index contributed by atoms with van der Waals surface area (Å²) in [6.45, 7) is 2.07. The van der Waals surface area contributed by atoms with Crippen LogP contribution in [-0.2, 0) is 17.8 Å². The molecule has 2 fully saturated rings. The Morgan fingerprint density at radius 2 is 1.65 bits per heavy atom. The molecule has 0 radical (unpaired) electrons. The lowest BCUT2D eigenvalue weighted by molar-refractivity contribution is -0.134. The Balaban J connectivity index is 0.00000171. The zero-order valence-electron chi connectivity index (χ0n) is 17.5. The SMILES string of the molecule is Cl.Cl.O=C1NC(CCCc2ccccc2)(C2CCNCC2)C(=O)N1Cc1ccncc1. The fraction of sp³-hybridized carbons (Fsp3) is 0.435. The maximum absolute atomic E-state index is 13.6. The number of rotatable bonds is 7. The summed E-state index contributed by atoms with van der Waals surface area (Å²) in [4.78, 5) is 31.8. The van der Waals surface area contributed by atoms with E-state index < -0.39 is 5.54 Å². The van der Waals surface area contributed by atoms with Crippen LogP contribution in [-0.4, -0.2) is 40.5 Å². The van der Waals surface area contributed by atoms with E-state index in [-0.39, 0.29) is 42.7 Å². The highest BCUT2D eigenvalue weighted by atomic mass is 35.5. The number of piperidine rings is 1. The average molecular weight is 465 g/mol. The molecule has 8 heteroatoms. The Kier molecular flexibility index (Phi) is 9.29. The molecule has 4 rings (SSSR count). The highest BCUT2D eigenvalue weighted by Gasteiger charge is 2.54. The first-order chi connectivity index (χ1) is 14.2. The van der Waals surface area contributed by atoms with E-state index in [9.17, 15) is 9.59 Å². The number of carbonyl (C=O) groups is 2. The molecule has 168 valence electrons. The number of amides is 3. The predicted octanol–water partition coefficient (Wildman–Crippen LogP) is 3.74. The summed E-state index contributed by atoms with van der Waals surface area (Å²) in [7, 11) is 0. The van der Waals surface area contributed by atoms with Gasteiger partial charge >= 0.3 is 6.03 Å². The zero-order chi connectivity index (χ0) is 20.1. The summed E-state index contributed by atoms with van der Waals surface area (Å²) < 4.78 is 0. The Labute approximate surface area is 196 Å². The molecule has 2 aromatic rings. The summed E-state index contributed by atoms with van der Waals surface area (Å²) in [5.74, 6) is 0.0951. The van der Waals surface area contributed by atoms with Crippen LogP contribution in [0.1, 0.15) is 36.8 Å². The summed E-state index contributed by atoms with van der Waals surface area (Å²) in [5, 5.41) is 6.51. The molecule has 0 saturated carbocycles. The minimum Gasteiger partial charge on any atom is -0.323 e. The fourth-order valence-electron chi connectivity index (χ4n) is 4.64. The molecule has 3 heterocycles. The van der Waals surface area contributed by atoms with Gasteiger partial charge in [0.15, 0.2) is 0 Å². The van der Waals surface area contributed by atoms with Crippen LogP contribution in [0.25, 0.3) is 0 Å². The molecule has 0 spiro atoms. The third-order valence-corrected chi connectivity index (χ3v) is 6.21. The Morgan fingerprint density at radius 3 is 2.32 bits per heavy atom. The number of hydrogen-bond acceptors (Lipinski definition) is 4. The largest absolute Gasteiger partial charge is 0.325 e. The molecule has 31 heavy (non-hydrogen) atoms. The van der Waals surface area contributed by atoms with Gasteiger partial charge in [0, 0.05) is 12.4 Å². The predicted molar refractivity (Wildman–Crippen MR) is 126 cm³/mol. The molecule has 2 saturated heterocycles. The lowest BCUT2D eigenvalue weighted by atomic mass is 9.74. The van der Waals surface area contributed by atoms with Crippen LogP contribution in [0.5, 0.6) is 0 Å². The third kappa shape index (κ3) is 5.56. The van der Waals surface area contributed by atoms with Crippen molar-refractivity contribution in [2.75, 3.05) is 13.1 Å². The van der Waals surface area contributed by atoms with Crippen LogP contribution >= 0.6 is 24.8 Å². The van der Waals surface area contributed by atoms with E-state index in [1.165, 1.54) is 10.5 Å². The summed E-state index contributed by atoms with van der Waals surface area (Å²) in [6.07, 6.45) is 7.62. The summed E-state index contributed by atoms with van der Waals surface area (Å²) in [5.41, 5.74) is 1.38. The Hall–Kier alpha value is -2.15. The van der Waals surface area contributed by atoms with E-state index in [1.807, 2.05) is 30.3 Å². The van der Waals surface area contributed by atoms with E-state index in [0.29, 0.717) is 13.0 Å². The van der Waals surface area contributed by atoms with Crippen molar-refractivity contribution in [3.05, 3.63) is 66.0 Å². The second kappa shape index (κ2) is 11.5. The molecule has 1 aromatic heterocycles. The molecule has 3 amide bonds. The van der Waals surface area contributed by atoms with Gasteiger partial charge < -0.3 is 10.6 Å². The minimum absolute atomic E-state index is 0. The summed E-state index contributed by atoms with van der Waals surface area (Å²) >= 11 is 0. The van der Waals surface area contributed by atoms with Crippen molar-refractivity contribution in [1.82, 2.24) is 20.5 Å². The average Bonchev–Trinajstić information content (AvgIpc) is 3.01. The van der Waals surface area contributed by atoms with Gasteiger partial charge in [0.25, 0.3) is 5.91 Å². The van der Waals surface area contributed by atoms with Gasteiger partial charge in [-0.25, -0.2) is 4.79 Å². The maximum atomic E-state index is 13.6. The number of benzene rings is 1. The monoisotopic (exact) mass is 464 g/mol. The van der Waals surface area contributed by atoms with Crippen LogP contribution in [0.3, 0.4) is 0 Å². The topological polar surface area (TPSA) is 74.3 Å². The minimum atomic E-state index is -0.791. The first-order valence-electron chi connectivity index (χ1n) is 10.5. The first kappa shape index (κ1) is 25.1. The van der Waals surface area contributed by atoms with Crippen LogP contribution < -0.4 is 10.6 Å². The highest BCUT2D eigenvalue weighted by molar-refractivity contribution is 6.07. The van der Waals surface area contributed by atoms with Crippen molar-refractivity contribution in [2.24, 2.45) is 5.92 Å². The number of pyridine rings is 1. The smallest absolute Gasteiger partial charge is 0.323 e. The molecule has 0 aliphatic carbocycles. The van der Waals surface area contributed by atoms with E-state index in [1.54, 1.807) is 12.4 Å². The van der Waals surface area contributed by atoms with Crippen LogP contribution in [0.15, 0.2) is 54.9 Å². The maximum Gasteiger partial charge on any atom is 0.325 e.